The van der Waals surface area contributed by atoms with Crippen LogP contribution in [0.25, 0.3) is 0 Å². The molecule has 2 rings (SSSR count). The predicted octanol–water partition coefficient (Wildman–Crippen LogP) is 1.91. The molecule has 0 fully saturated rings. The SMILES string of the molecule is CC(N)CNc1cc(NCc2cccs2)ncn1. The molecule has 4 N–H and O–H groups in total. The van der Waals surface area contributed by atoms with Gasteiger partial charge in [0.1, 0.15) is 18.0 Å². The summed E-state index contributed by atoms with van der Waals surface area (Å²) >= 11 is 1.72. The van der Waals surface area contributed by atoms with E-state index in [1.54, 1.807) is 17.7 Å². The van der Waals surface area contributed by atoms with Crippen molar-refractivity contribution in [2.24, 2.45) is 5.73 Å². The van der Waals surface area contributed by atoms with Gasteiger partial charge in [-0.05, 0) is 18.4 Å². The van der Waals surface area contributed by atoms with Crippen LogP contribution in [0, 0.1) is 0 Å². The van der Waals surface area contributed by atoms with Crippen molar-refractivity contribution in [3.63, 3.8) is 0 Å². The van der Waals surface area contributed by atoms with Crippen molar-refractivity contribution in [1.29, 1.82) is 0 Å². The first kappa shape index (κ1) is 12.8. The minimum absolute atomic E-state index is 0.0995. The average Bonchev–Trinajstić information content (AvgIpc) is 2.87. The van der Waals surface area contributed by atoms with Crippen LogP contribution in [0.4, 0.5) is 11.6 Å². The van der Waals surface area contributed by atoms with Gasteiger partial charge in [-0.2, -0.15) is 0 Å². The molecule has 0 aliphatic heterocycles. The van der Waals surface area contributed by atoms with Gasteiger partial charge in [-0.15, -0.1) is 11.3 Å². The summed E-state index contributed by atoms with van der Waals surface area (Å²) in [5.41, 5.74) is 5.68. The zero-order valence-corrected chi connectivity index (χ0v) is 11.1. The van der Waals surface area contributed by atoms with Gasteiger partial charge in [0.2, 0.25) is 0 Å². The van der Waals surface area contributed by atoms with Crippen molar-refractivity contribution in [3.05, 3.63) is 34.8 Å². The van der Waals surface area contributed by atoms with Gasteiger partial charge in [-0.3, -0.25) is 0 Å². The first-order valence-corrected chi connectivity index (χ1v) is 6.70. The quantitative estimate of drug-likeness (QED) is 0.742. The molecule has 2 aromatic heterocycles. The van der Waals surface area contributed by atoms with Crippen LogP contribution < -0.4 is 16.4 Å². The second kappa shape index (κ2) is 6.32. The van der Waals surface area contributed by atoms with Crippen LogP contribution in [0.5, 0.6) is 0 Å². The Morgan fingerprint density at radius 2 is 2.11 bits per heavy atom. The van der Waals surface area contributed by atoms with E-state index in [-0.39, 0.29) is 6.04 Å². The summed E-state index contributed by atoms with van der Waals surface area (Å²) in [7, 11) is 0. The van der Waals surface area contributed by atoms with Gasteiger partial charge in [-0.25, -0.2) is 9.97 Å². The molecule has 18 heavy (non-hydrogen) atoms. The average molecular weight is 263 g/mol. The first-order chi connectivity index (χ1) is 8.74. The second-order valence-electron chi connectivity index (χ2n) is 4.08. The fourth-order valence-corrected chi connectivity index (χ4v) is 2.05. The Hall–Kier alpha value is -1.66. The maximum absolute atomic E-state index is 5.68. The van der Waals surface area contributed by atoms with E-state index in [9.17, 15) is 0 Å². The van der Waals surface area contributed by atoms with Crippen LogP contribution >= 0.6 is 11.3 Å². The van der Waals surface area contributed by atoms with E-state index in [4.69, 9.17) is 5.73 Å². The molecule has 6 heteroatoms. The Morgan fingerprint density at radius 3 is 2.78 bits per heavy atom. The zero-order chi connectivity index (χ0) is 12.8. The topological polar surface area (TPSA) is 75.9 Å². The third-order valence-corrected chi connectivity index (χ3v) is 3.17. The third-order valence-electron chi connectivity index (χ3n) is 2.30. The molecular formula is C12H17N5S. The molecule has 96 valence electrons. The van der Waals surface area contributed by atoms with Gasteiger partial charge >= 0.3 is 0 Å². The first-order valence-electron chi connectivity index (χ1n) is 5.82. The number of aromatic nitrogens is 2. The van der Waals surface area contributed by atoms with E-state index in [1.165, 1.54) is 4.88 Å². The largest absolute Gasteiger partial charge is 0.368 e. The molecular weight excluding hydrogens is 246 g/mol. The van der Waals surface area contributed by atoms with Crippen LogP contribution in [0.1, 0.15) is 11.8 Å². The van der Waals surface area contributed by atoms with Gasteiger partial charge < -0.3 is 16.4 Å². The number of rotatable bonds is 6. The fourth-order valence-electron chi connectivity index (χ4n) is 1.41. The minimum Gasteiger partial charge on any atom is -0.368 e. The van der Waals surface area contributed by atoms with E-state index in [1.807, 2.05) is 19.1 Å². The maximum atomic E-state index is 5.68. The molecule has 0 saturated heterocycles. The Balaban J connectivity index is 1.90. The smallest absolute Gasteiger partial charge is 0.131 e. The molecule has 1 unspecified atom stereocenters. The number of anilines is 2. The number of nitrogens with one attached hydrogen (secondary N) is 2. The minimum atomic E-state index is 0.0995. The third kappa shape index (κ3) is 3.97. The van der Waals surface area contributed by atoms with E-state index in [2.05, 4.69) is 32.0 Å². The summed E-state index contributed by atoms with van der Waals surface area (Å²) in [6.07, 6.45) is 1.54. The molecule has 0 radical (unpaired) electrons. The molecule has 0 bridgehead atoms. The van der Waals surface area contributed by atoms with E-state index in [0.29, 0.717) is 6.54 Å². The predicted molar refractivity (Wildman–Crippen MR) is 75.8 cm³/mol. The summed E-state index contributed by atoms with van der Waals surface area (Å²) in [6, 6.07) is 6.11. The number of nitrogens with zero attached hydrogens (tertiary/aromatic N) is 2. The lowest BCUT2D eigenvalue weighted by Gasteiger charge is -2.09. The van der Waals surface area contributed by atoms with Crippen LogP contribution in [-0.2, 0) is 6.54 Å². The lowest BCUT2D eigenvalue weighted by molar-refractivity contribution is 0.777. The molecule has 5 nitrogen and oxygen atoms in total. The molecule has 2 heterocycles. The summed E-state index contributed by atoms with van der Waals surface area (Å²) in [5.74, 6) is 1.60. The van der Waals surface area contributed by atoms with Crippen molar-refractivity contribution in [2.75, 3.05) is 17.2 Å². The lowest BCUT2D eigenvalue weighted by atomic mass is 10.3. The highest BCUT2D eigenvalue weighted by Crippen LogP contribution is 2.13. The second-order valence-corrected chi connectivity index (χ2v) is 5.11. The highest BCUT2D eigenvalue weighted by molar-refractivity contribution is 7.09. The van der Waals surface area contributed by atoms with E-state index < -0.39 is 0 Å². The molecule has 0 aliphatic rings. The Labute approximate surface area is 110 Å². The summed E-state index contributed by atoms with van der Waals surface area (Å²) < 4.78 is 0. The monoisotopic (exact) mass is 263 g/mol. The number of hydrogen-bond donors (Lipinski definition) is 3. The van der Waals surface area contributed by atoms with Crippen molar-refractivity contribution in [1.82, 2.24) is 9.97 Å². The molecule has 0 saturated carbocycles. The van der Waals surface area contributed by atoms with Crippen molar-refractivity contribution >= 4 is 23.0 Å². The van der Waals surface area contributed by atoms with Gasteiger partial charge in [0.25, 0.3) is 0 Å². The van der Waals surface area contributed by atoms with Gasteiger partial charge in [0.05, 0.1) is 6.54 Å². The number of nitrogens with two attached hydrogens (primary N) is 1. The summed E-state index contributed by atoms with van der Waals surface area (Å²) in [4.78, 5) is 9.59. The van der Waals surface area contributed by atoms with Gasteiger partial charge in [-0.1, -0.05) is 6.07 Å². The summed E-state index contributed by atoms with van der Waals surface area (Å²) in [6.45, 7) is 3.42. The fraction of sp³-hybridized carbons (Fsp3) is 0.333. The van der Waals surface area contributed by atoms with Crippen LogP contribution in [0.2, 0.25) is 0 Å². The normalized spacial score (nSPS) is 12.1. The van der Waals surface area contributed by atoms with E-state index in [0.717, 1.165) is 18.2 Å². The summed E-state index contributed by atoms with van der Waals surface area (Å²) in [5, 5.41) is 8.49. The maximum Gasteiger partial charge on any atom is 0.131 e. The molecule has 0 aliphatic carbocycles. The van der Waals surface area contributed by atoms with Crippen molar-refractivity contribution < 1.29 is 0 Å². The van der Waals surface area contributed by atoms with Gasteiger partial charge in [0, 0.05) is 23.5 Å². The van der Waals surface area contributed by atoms with Crippen LogP contribution in [0.15, 0.2) is 29.9 Å². The lowest BCUT2D eigenvalue weighted by Crippen LogP contribution is -2.25. The Bertz CT molecular complexity index is 469. The molecule has 0 aromatic carbocycles. The zero-order valence-electron chi connectivity index (χ0n) is 10.3. The van der Waals surface area contributed by atoms with Crippen LogP contribution in [0.3, 0.4) is 0 Å². The van der Waals surface area contributed by atoms with Crippen LogP contribution in [-0.4, -0.2) is 22.6 Å². The molecule has 0 spiro atoms. The van der Waals surface area contributed by atoms with Gasteiger partial charge in [0.15, 0.2) is 0 Å². The molecule has 1 atom stereocenters. The highest BCUT2D eigenvalue weighted by Gasteiger charge is 2.00. The van der Waals surface area contributed by atoms with E-state index >= 15 is 0 Å². The Morgan fingerprint density at radius 1 is 1.33 bits per heavy atom. The van der Waals surface area contributed by atoms with Crippen molar-refractivity contribution in [2.45, 2.75) is 19.5 Å². The highest BCUT2D eigenvalue weighted by atomic mass is 32.1. The number of hydrogen-bond acceptors (Lipinski definition) is 6. The number of thiophene rings is 1. The molecule has 0 amide bonds. The molecule has 2 aromatic rings. The van der Waals surface area contributed by atoms with Crippen molar-refractivity contribution in [3.8, 4) is 0 Å². The Kier molecular flexibility index (Phi) is 4.49. The standard InChI is InChI=1S/C12H17N5S/c1-9(13)6-14-11-5-12(17-8-16-11)15-7-10-3-2-4-18-10/h2-5,8-9H,6-7,13H2,1H3,(H2,14,15,16,17).